The Morgan fingerprint density at radius 3 is 2.81 bits per heavy atom. The van der Waals surface area contributed by atoms with Crippen LogP contribution < -0.4 is 10.0 Å². The molecule has 0 aliphatic heterocycles. The van der Waals surface area contributed by atoms with E-state index >= 15 is 0 Å². The van der Waals surface area contributed by atoms with Crippen LogP contribution in [0.3, 0.4) is 0 Å². The largest absolute Gasteiger partial charge is 0.396 e. The number of aliphatic hydroxyl groups excluding tert-OH is 1. The van der Waals surface area contributed by atoms with Gasteiger partial charge in [0.25, 0.3) is 0 Å². The van der Waals surface area contributed by atoms with Crippen LogP contribution in [-0.4, -0.2) is 26.7 Å². The van der Waals surface area contributed by atoms with Crippen LogP contribution in [0.5, 0.6) is 0 Å². The minimum Gasteiger partial charge on any atom is -0.396 e. The summed E-state index contributed by atoms with van der Waals surface area (Å²) in [7, 11) is 0. The lowest BCUT2D eigenvalue weighted by molar-refractivity contribution is 0.285. The number of aromatic nitrogens is 2. The van der Waals surface area contributed by atoms with E-state index in [0.717, 1.165) is 45.1 Å². The number of halogens is 2. The van der Waals surface area contributed by atoms with Gasteiger partial charge in [-0.2, -0.15) is 5.10 Å². The molecule has 5 nitrogen and oxygen atoms in total. The molecule has 0 bridgehead atoms. The van der Waals surface area contributed by atoms with Gasteiger partial charge in [0.1, 0.15) is 5.82 Å². The monoisotopic (exact) mass is 484 g/mol. The van der Waals surface area contributed by atoms with Crippen molar-refractivity contribution in [2.75, 3.05) is 16.6 Å². The molecule has 26 heavy (non-hydrogen) atoms. The highest BCUT2D eigenvalue weighted by Crippen LogP contribution is 2.51. The van der Waals surface area contributed by atoms with E-state index in [2.05, 4.69) is 42.8 Å². The molecular formula is C18H18FIN4OS. The fraction of sp³-hybridized carbons (Fsp3) is 0.278. The molecule has 0 unspecified atom stereocenters. The number of aromatic amines is 1. The van der Waals surface area contributed by atoms with Crippen molar-refractivity contribution in [2.45, 2.75) is 24.0 Å². The van der Waals surface area contributed by atoms with Gasteiger partial charge in [0.05, 0.1) is 28.8 Å². The Bertz CT molecular complexity index is 944. The van der Waals surface area contributed by atoms with Crippen molar-refractivity contribution in [3.63, 3.8) is 0 Å². The van der Waals surface area contributed by atoms with Crippen LogP contribution in [0, 0.1) is 9.39 Å². The molecule has 4 rings (SSSR count). The van der Waals surface area contributed by atoms with Crippen LogP contribution in [0.25, 0.3) is 10.9 Å². The van der Waals surface area contributed by atoms with E-state index in [-0.39, 0.29) is 17.2 Å². The summed E-state index contributed by atoms with van der Waals surface area (Å²) in [6.07, 6.45) is 4.69. The number of fused-ring (bicyclic) bond motifs is 1. The molecule has 1 saturated carbocycles. The summed E-state index contributed by atoms with van der Waals surface area (Å²) in [6.45, 7) is 0.188. The van der Waals surface area contributed by atoms with E-state index in [1.54, 1.807) is 24.2 Å². The zero-order chi connectivity index (χ0) is 18.1. The van der Waals surface area contributed by atoms with Gasteiger partial charge >= 0.3 is 0 Å². The number of nitrogens with one attached hydrogen (secondary N) is 3. The average molecular weight is 484 g/mol. The van der Waals surface area contributed by atoms with E-state index in [9.17, 15) is 9.50 Å². The first-order valence-electron chi connectivity index (χ1n) is 8.33. The third-order valence-electron chi connectivity index (χ3n) is 4.56. The molecule has 4 N–H and O–H groups in total. The number of anilines is 3. The van der Waals surface area contributed by atoms with Crippen molar-refractivity contribution in [1.29, 1.82) is 0 Å². The van der Waals surface area contributed by atoms with E-state index < -0.39 is 0 Å². The van der Waals surface area contributed by atoms with Crippen molar-refractivity contribution in [1.82, 2.24) is 10.2 Å². The Balaban J connectivity index is 1.66. The summed E-state index contributed by atoms with van der Waals surface area (Å²) in [6, 6.07) is 9.03. The minimum absolute atomic E-state index is 0.100. The van der Waals surface area contributed by atoms with Crippen LogP contribution >= 0.6 is 34.5 Å². The number of aliphatic hydroxyl groups is 1. The molecule has 0 spiro atoms. The van der Waals surface area contributed by atoms with Crippen LogP contribution in [-0.2, 0) is 0 Å². The number of benzene rings is 2. The maximum absolute atomic E-state index is 14.3. The summed E-state index contributed by atoms with van der Waals surface area (Å²) in [5.74, 6) is -0.300. The average Bonchev–Trinajstić information content (AvgIpc) is 3.21. The molecule has 2 aromatic carbocycles. The third kappa shape index (κ3) is 3.63. The van der Waals surface area contributed by atoms with E-state index in [1.807, 2.05) is 18.2 Å². The smallest absolute Gasteiger partial charge is 0.147 e. The molecule has 1 heterocycles. The molecule has 1 aliphatic rings. The van der Waals surface area contributed by atoms with Gasteiger partial charge in [-0.05, 0) is 84.1 Å². The quantitative estimate of drug-likeness (QED) is 0.280. The molecule has 3 aromatic rings. The van der Waals surface area contributed by atoms with Crippen LogP contribution in [0.15, 0.2) is 36.5 Å². The van der Waals surface area contributed by atoms with Crippen molar-refractivity contribution >= 4 is 62.5 Å². The van der Waals surface area contributed by atoms with Gasteiger partial charge in [-0.25, -0.2) is 4.39 Å². The lowest BCUT2D eigenvalue weighted by Crippen LogP contribution is -2.09. The molecule has 0 atom stereocenters. The van der Waals surface area contributed by atoms with Gasteiger partial charge in [-0.3, -0.25) is 5.10 Å². The number of hydrogen-bond acceptors (Lipinski definition) is 5. The summed E-state index contributed by atoms with van der Waals surface area (Å²) in [5.41, 5.74) is 2.85. The Hall–Kier alpha value is -1.52. The highest BCUT2D eigenvalue weighted by Gasteiger charge is 2.43. The van der Waals surface area contributed by atoms with Crippen LogP contribution in [0.1, 0.15) is 19.3 Å². The van der Waals surface area contributed by atoms with Gasteiger partial charge < -0.3 is 15.1 Å². The minimum atomic E-state index is -0.300. The number of nitrogens with zero attached hydrogens (tertiary/aromatic N) is 1. The molecule has 136 valence electrons. The second kappa shape index (κ2) is 7.24. The van der Waals surface area contributed by atoms with E-state index in [0.29, 0.717) is 5.69 Å². The fourth-order valence-electron chi connectivity index (χ4n) is 2.86. The normalized spacial score (nSPS) is 15.2. The molecule has 0 radical (unpaired) electrons. The molecule has 0 saturated heterocycles. The summed E-state index contributed by atoms with van der Waals surface area (Å²) >= 11 is 3.72. The van der Waals surface area contributed by atoms with Crippen molar-refractivity contribution in [3.8, 4) is 0 Å². The predicted octanol–water partition coefficient (Wildman–Crippen LogP) is 5.03. The Labute approximate surface area is 168 Å². The van der Waals surface area contributed by atoms with E-state index in [1.165, 1.54) is 6.07 Å². The van der Waals surface area contributed by atoms with Gasteiger partial charge in [-0.1, -0.05) is 0 Å². The first-order valence-corrected chi connectivity index (χ1v) is 10.2. The fourth-order valence-corrected chi connectivity index (χ4v) is 4.31. The number of hydrogen-bond donors (Lipinski definition) is 4. The Morgan fingerprint density at radius 1 is 1.27 bits per heavy atom. The summed E-state index contributed by atoms with van der Waals surface area (Å²) in [5, 5.41) is 20.5. The SMILES string of the molecule is OCCC1(SNc2ccc3cn[nH]c3c2Nc2ccc(I)cc2F)CC1. The van der Waals surface area contributed by atoms with Gasteiger partial charge in [0.2, 0.25) is 0 Å². The summed E-state index contributed by atoms with van der Waals surface area (Å²) < 4.78 is 18.7. The second-order valence-corrected chi connectivity index (χ2v) is 8.95. The topological polar surface area (TPSA) is 73.0 Å². The molecular weight excluding hydrogens is 466 g/mol. The lowest BCUT2D eigenvalue weighted by Gasteiger charge is -2.18. The zero-order valence-corrected chi connectivity index (χ0v) is 16.8. The highest BCUT2D eigenvalue weighted by atomic mass is 127. The summed E-state index contributed by atoms with van der Waals surface area (Å²) in [4.78, 5) is 0. The first kappa shape index (κ1) is 17.9. The Kier molecular flexibility index (Phi) is 4.98. The highest BCUT2D eigenvalue weighted by molar-refractivity contribution is 14.1. The van der Waals surface area contributed by atoms with Gasteiger partial charge in [0, 0.05) is 20.3 Å². The molecule has 1 aromatic heterocycles. The van der Waals surface area contributed by atoms with Crippen molar-refractivity contribution < 1.29 is 9.50 Å². The molecule has 8 heteroatoms. The molecule has 1 fully saturated rings. The first-order chi connectivity index (χ1) is 12.6. The van der Waals surface area contributed by atoms with E-state index in [4.69, 9.17) is 0 Å². The third-order valence-corrected chi connectivity index (χ3v) is 6.60. The number of H-pyrrole nitrogens is 1. The van der Waals surface area contributed by atoms with Gasteiger partial charge in [-0.15, -0.1) is 0 Å². The zero-order valence-electron chi connectivity index (χ0n) is 13.9. The standard InChI is InChI=1S/C18H18FIN4OS/c19-13-9-12(20)2-4-14(13)22-17-15(3-1-11-10-21-23-16(11)17)24-26-18(5-6-18)7-8-25/h1-4,9-10,22,24-25H,5-8H2,(H,21,23). The maximum atomic E-state index is 14.3. The maximum Gasteiger partial charge on any atom is 0.147 e. The Morgan fingerprint density at radius 2 is 2.08 bits per heavy atom. The van der Waals surface area contributed by atoms with Crippen molar-refractivity contribution in [2.24, 2.45) is 0 Å². The predicted molar refractivity (Wildman–Crippen MR) is 113 cm³/mol. The van der Waals surface area contributed by atoms with Gasteiger partial charge in [0.15, 0.2) is 0 Å². The lowest BCUT2D eigenvalue weighted by atomic mass is 10.2. The second-order valence-electron chi connectivity index (χ2n) is 6.43. The van der Waals surface area contributed by atoms with Crippen molar-refractivity contribution in [3.05, 3.63) is 45.9 Å². The molecule has 0 amide bonds. The number of rotatable bonds is 7. The van der Waals surface area contributed by atoms with Crippen LogP contribution in [0.4, 0.5) is 21.5 Å². The molecule has 1 aliphatic carbocycles. The van der Waals surface area contributed by atoms with Crippen LogP contribution in [0.2, 0.25) is 0 Å².